The zero-order valence-electron chi connectivity index (χ0n) is 30.5. The second kappa shape index (κ2) is 16.3. The maximum absolute atomic E-state index is 14.1. The number of oxime groups is 1. The maximum Gasteiger partial charge on any atom is 0.340 e. The van der Waals surface area contributed by atoms with Gasteiger partial charge in [0.2, 0.25) is 6.29 Å². The lowest BCUT2D eigenvalue weighted by Crippen LogP contribution is -2.34. The predicted molar refractivity (Wildman–Crippen MR) is 198 cm³/mol. The van der Waals surface area contributed by atoms with Crippen LogP contribution in [0.4, 0.5) is 17.6 Å². The number of aliphatic hydroxyl groups excluding tert-OH is 1. The molecule has 1 aromatic heterocycles. The lowest BCUT2D eigenvalue weighted by molar-refractivity contribution is -0.148. The van der Waals surface area contributed by atoms with Crippen molar-refractivity contribution in [1.82, 2.24) is 4.57 Å². The Morgan fingerprint density at radius 3 is 2.12 bits per heavy atom. The van der Waals surface area contributed by atoms with Gasteiger partial charge in [0.1, 0.15) is 11.5 Å². The van der Waals surface area contributed by atoms with Crippen molar-refractivity contribution in [3.05, 3.63) is 112 Å². The van der Waals surface area contributed by atoms with Crippen molar-refractivity contribution in [2.75, 3.05) is 6.61 Å². The molecule has 5 aromatic rings. The van der Waals surface area contributed by atoms with Gasteiger partial charge in [-0.25, -0.2) is 8.78 Å². The Morgan fingerprint density at radius 1 is 0.904 bits per heavy atom. The van der Waals surface area contributed by atoms with E-state index in [-0.39, 0.29) is 22.8 Å². The molecule has 1 N–H and O–H groups in total. The van der Waals surface area contributed by atoms with E-state index < -0.39 is 25.2 Å². The molecule has 1 heterocycles. The second-order valence-corrected chi connectivity index (χ2v) is 13.6. The summed E-state index contributed by atoms with van der Waals surface area (Å²) in [4.78, 5) is 19.3. The van der Waals surface area contributed by atoms with Crippen LogP contribution in [0.2, 0.25) is 0 Å². The van der Waals surface area contributed by atoms with Gasteiger partial charge in [-0.05, 0) is 86.7 Å². The molecule has 0 fully saturated rings. The van der Waals surface area contributed by atoms with Crippen molar-refractivity contribution in [2.45, 2.75) is 92.4 Å². The van der Waals surface area contributed by atoms with E-state index in [1.165, 1.54) is 19.1 Å². The highest BCUT2D eigenvalue weighted by molar-refractivity contribution is 6.19. The monoisotopic (exact) mass is 718 g/mol. The van der Waals surface area contributed by atoms with Crippen molar-refractivity contribution in [3.8, 4) is 5.75 Å². The summed E-state index contributed by atoms with van der Waals surface area (Å²) in [7, 11) is 0. The van der Waals surface area contributed by atoms with Crippen molar-refractivity contribution in [3.63, 3.8) is 0 Å². The number of alkyl halides is 4. The van der Waals surface area contributed by atoms with E-state index in [1.54, 1.807) is 12.1 Å². The number of para-hydroxylation sites is 1. The van der Waals surface area contributed by atoms with Crippen molar-refractivity contribution < 1.29 is 37.0 Å². The fraction of sp³-hybridized carbons (Fsp3) is 0.381. The van der Waals surface area contributed by atoms with Crippen LogP contribution in [0.3, 0.4) is 0 Å². The van der Waals surface area contributed by atoms with E-state index in [4.69, 9.17) is 9.57 Å². The van der Waals surface area contributed by atoms with E-state index in [0.717, 1.165) is 70.7 Å². The minimum absolute atomic E-state index is 0.0809. The minimum atomic E-state index is -4.38. The van der Waals surface area contributed by atoms with Crippen LogP contribution < -0.4 is 4.74 Å². The van der Waals surface area contributed by atoms with Crippen LogP contribution in [0.15, 0.2) is 78.0 Å². The minimum Gasteiger partial charge on any atom is -0.486 e. The fourth-order valence-electron chi connectivity index (χ4n) is 6.86. The number of carbonyl (C=O) groups is 1. The van der Waals surface area contributed by atoms with Gasteiger partial charge in [-0.3, -0.25) is 4.79 Å². The van der Waals surface area contributed by atoms with E-state index in [1.807, 2.05) is 69.3 Å². The summed E-state index contributed by atoms with van der Waals surface area (Å²) in [6.45, 7) is 10.8. The summed E-state index contributed by atoms with van der Waals surface area (Å²) >= 11 is 0. The molecular formula is C42H46F4N2O4. The molecule has 6 nitrogen and oxygen atoms in total. The van der Waals surface area contributed by atoms with Gasteiger partial charge in [-0.1, -0.05) is 74.2 Å². The smallest absolute Gasteiger partial charge is 0.340 e. The molecule has 0 aliphatic carbocycles. The van der Waals surface area contributed by atoms with Crippen LogP contribution >= 0.6 is 0 Å². The first kappa shape index (κ1) is 38.5. The van der Waals surface area contributed by atoms with Gasteiger partial charge < -0.3 is 19.2 Å². The molecule has 2 unspecified atom stereocenters. The number of benzene rings is 4. The highest BCUT2D eigenvalue weighted by Crippen LogP contribution is 2.35. The number of fused-ring (bicyclic) bond motifs is 3. The number of aryl methyl sites for hydroxylation is 3. The first-order chi connectivity index (χ1) is 24.7. The molecule has 0 amide bonds. The van der Waals surface area contributed by atoms with Crippen LogP contribution in [0.25, 0.3) is 21.8 Å². The second-order valence-electron chi connectivity index (χ2n) is 13.6. The molecule has 5 rings (SSSR count). The quantitative estimate of drug-likeness (QED) is 0.0362. The van der Waals surface area contributed by atoms with Gasteiger partial charge >= 0.3 is 12.3 Å². The molecule has 52 heavy (non-hydrogen) atoms. The molecule has 0 bridgehead atoms. The summed E-state index contributed by atoms with van der Waals surface area (Å²) in [5, 5.41) is 15.8. The Balaban J connectivity index is 1.70. The van der Waals surface area contributed by atoms with E-state index in [9.17, 15) is 27.5 Å². The number of ether oxygens (including phenoxy) is 1. The summed E-state index contributed by atoms with van der Waals surface area (Å²) < 4.78 is 61.4. The molecule has 2 atom stereocenters. The number of hydrogen-bond acceptors (Lipinski definition) is 5. The van der Waals surface area contributed by atoms with Crippen molar-refractivity contribution in [1.29, 1.82) is 0 Å². The molecule has 0 saturated carbocycles. The van der Waals surface area contributed by atoms with Crippen LogP contribution in [-0.2, 0) is 11.4 Å². The number of hydrogen-bond donors (Lipinski definition) is 1. The number of aromatic nitrogens is 1. The molecular weight excluding hydrogens is 672 g/mol. The third-order valence-corrected chi connectivity index (χ3v) is 9.47. The summed E-state index contributed by atoms with van der Waals surface area (Å²) in [6, 6.07) is 21.5. The van der Waals surface area contributed by atoms with Gasteiger partial charge in [0.25, 0.3) is 0 Å². The number of aliphatic hydroxyl groups is 1. The van der Waals surface area contributed by atoms with Crippen molar-refractivity contribution >= 4 is 33.3 Å². The fourth-order valence-corrected chi connectivity index (χ4v) is 6.86. The topological polar surface area (TPSA) is 73.1 Å². The van der Waals surface area contributed by atoms with Crippen molar-refractivity contribution in [2.24, 2.45) is 11.1 Å². The van der Waals surface area contributed by atoms with Gasteiger partial charge in [0.05, 0.1) is 0 Å². The molecule has 10 heteroatoms. The number of carbonyl (C=O) groups excluding carboxylic acids is 1. The number of ketones is 1. The van der Waals surface area contributed by atoms with E-state index >= 15 is 0 Å². The summed E-state index contributed by atoms with van der Waals surface area (Å²) in [5.74, 6) is -4.15. The van der Waals surface area contributed by atoms with Gasteiger partial charge in [0, 0.05) is 57.5 Å². The largest absolute Gasteiger partial charge is 0.486 e. The Morgan fingerprint density at radius 2 is 1.52 bits per heavy atom. The number of halogens is 4. The van der Waals surface area contributed by atoms with Crippen LogP contribution in [-0.4, -0.2) is 46.4 Å². The summed E-state index contributed by atoms with van der Waals surface area (Å²) in [6.07, 6.45) is -0.941. The Labute approximate surface area is 302 Å². The zero-order valence-corrected chi connectivity index (χ0v) is 30.5. The van der Waals surface area contributed by atoms with E-state index in [2.05, 4.69) is 23.6 Å². The molecule has 4 aromatic carbocycles. The average Bonchev–Trinajstić information content (AvgIpc) is 3.40. The van der Waals surface area contributed by atoms with E-state index in [0.29, 0.717) is 22.6 Å². The summed E-state index contributed by atoms with van der Waals surface area (Å²) in [5.41, 5.74) is 6.79. The molecule has 0 radical (unpaired) electrons. The van der Waals surface area contributed by atoms with Gasteiger partial charge in [-0.2, -0.15) is 8.78 Å². The highest BCUT2D eigenvalue weighted by atomic mass is 19.3. The molecule has 0 aliphatic heterocycles. The van der Waals surface area contributed by atoms with Crippen LogP contribution in [0.1, 0.15) is 90.2 Å². The molecule has 0 saturated heterocycles. The normalized spacial score (nSPS) is 13.6. The molecule has 276 valence electrons. The lowest BCUT2D eigenvalue weighted by Gasteiger charge is -2.19. The highest BCUT2D eigenvalue weighted by Gasteiger charge is 2.42. The number of nitrogens with zero attached hydrogens (tertiary/aromatic N) is 2. The Bertz CT molecular complexity index is 2060. The van der Waals surface area contributed by atoms with Gasteiger partial charge in [0.15, 0.2) is 12.4 Å². The number of unbranched alkanes of at least 4 members (excludes halogenated alkanes) is 1. The number of rotatable bonds is 16. The Kier molecular flexibility index (Phi) is 12.1. The average molecular weight is 719 g/mol. The Hall–Kier alpha value is -4.70. The van der Waals surface area contributed by atoms with Gasteiger partial charge in [-0.15, -0.1) is 0 Å². The SMILES string of the molecule is CCCCC(CC)Cn1c2ccc(C(=O)c3c(C)cc(C)cc3C)cc2c2cc(/C(=N\OC(C)O)c3ccccc3OCC(F)(F)C(F)F)ccc21. The zero-order chi connectivity index (χ0) is 37.7. The van der Waals surface area contributed by atoms with Crippen LogP contribution in [0, 0.1) is 26.7 Å². The van der Waals surface area contributed by atoms with Crippen LogP contribution in [0.5, 0.6) is 5.75 Å². The first-order valence-corrected chi connectivity index (χ1v) is 17.7. The third-order valence-electron chi connectivity index (χ3n) is 9.47. The molecule has 0 spiro atoms. The molecule has 0 aliphatic rings. The first-order valence-electron chi connectivity index (χ1n) is 17.7. The third kappa shape index (κ3) is 8.33. The maximum atomic E-state index is 14.1. The predicted octanol–water partition coefficient (Wildman–Crippen LogP) is 10.6. The lowest BCUT2D eigenvalue weighted by atomic mass is 9.92. The standard InChI is InChI=1S/C42H46F4N2O4/c1-7-9-12-29(8-2)23-48-35-17-15-30(39(47-52-28(6)49)32-13-10-11-14-37(32)51-24-42(45,46)41(43)44)21-33(35)34-22-31(16-18-36(34)48)40(50)38-26(4)19-25(3)20-27(38)5/h10-11,13-22,28-29,41,49H,7-9,12,23-24H2,1-6H3/b47-39+.